The maximum absolute atomic E-state index is 10.9. The number of nitrogens with two attached hydrogens (primary N) is 2. The van der Waals surface area contributed by atoms with Gasteiger partial charge in [0.15, 0.2) is 0 Å². The van der Waals surface area contributed by atoms with Gasteiger partial charge in [0.1, 0.15) is 6.04 Å². The van der Waals surface area contributed by atoms with Gasteiger partial charge in [-0.3, -0.25) is 4.79 Å². The normalized spacial score (nSPS) is 20.6. The van der Waals surface area contributed by atoms with Gasteiger partial charge in [0.2, 0.25) is 0 Å². The number of ether oxygens (including phenoxy) is 1. The highest BCUT2D eigenvalue weighted by Gasteiger charge is 2.11. The first-order valence-corrected chi connectivity index (χ1v) is 3.21. The molecule has 0 aromatic carbocycles. The summed E-state index contributed by atoms with van der Waals surface area (Å²) in [7, 11) is 1.13. The second-order valence-corrected chi connectivity index (χ2v) is 1.89. The van der Waals surface area contributed by atoms with Crippen molar-refractivity contribution >= 4 is 5.97 Å². The molecular weight excluding hydrogens is 144 g/mol. The number of methoxy groups -OCH3 is 1. The Hall–Kier alpha value is -0.610. The molecule has 0 aromatic heterocycles. The molecule has 0 spiro atoms. The summed E-state index contributed by atoms with van der Waals surface area (Å²) in [6.45, 7) is -0.478. The van der Waals surface area contributed by atoms with Gasteiger partial charge in [-0.25, -0.2) is 0 Å². The van der Waals surface area contributed by atoms with Crippen LogP contribution in [0.3, 0.4) is 0 Å². The Labute approximate surface area is 72.5 Å². The first-order chi connectivity index (χ1) is 6.68. The first-order valence-electron chi connectivity index (χ1n) is 5.21. The number of carbonyl (C=O) groups is 1. The summed E-state index contributed by atoms with van der Waals surface area (Å²) in [5.41, 5.74) is 10.4. The monoisotopic (exact) mass is 164 g/mol. The van der Waals surface area contributed by atoms with Crippen LogP contribution in [0.4, 0.5) is 0 Å². The van der Waals surface area contributed by atoms with E-state index in [4.69, 9.17) is 17.0 Å². The lowest BCUT2D eigenvalue weighted by Crippen LogP contribution is -2.31. The highest BCUT2D eigenvalue weighted by atomic mass is 16.5. The third-order valence-corrected chi connectivity index (χ3v) is 1.05. The first kappa shape index (κ1) is 5.11. The van der Waals surface area contributed by atoms with Gasteiger partial charge in [-0.05, 0) is 19.3 Å². The third-order valence-electron chi connectivity index (χ3n) is 1.05. The van der Waals surface area contributed by atoms with Crippen LogP contribution in [0.5, 0.6) is 0 Å². The number of esters is 1. The van der Waals surface area contributed by atoms with Crippen molar-refractivity contribution in [2.24, 2.45) is 11.5 Å². The van der Waals surface area contributed by atoms with Gasteiger partial charge in [0, 0.05) is 5.48 Å². The van der Waals surface area contributed by atoms with Crippen LogP contribution in [0.25, 0.3) is 0 Å². The van der Waals surface area contributed by atoms with E-state index in [0.29, 0.717) is 0 Å². The molecule has 0 rings (SSSR count). The van der Waals surface area contributed by atoms with Crippen molar-refractivity contribution in [3.63, 3.8) is 0 Å². The molecule has 0 bridgehead atoms. The van der Waals surface area contributed by atoms with Gasteiger partial charge in [0.05, 0.1) is 7.11 Å². The van der Waals surface area contributed by atoms with E-state index in [2.05, 4.69) is 4.74 Å². The minimum absolute atomic E-state index is 0.468. The average molecular weight is 164 g/mol. The van der Waals surface area contributed by atoms with Crippen LogP contribution in [-0.2, 0) is 9.53 Å². The molecule has 0 heterocycles. The number of carbonyl (C=O) groups excluding carboxylic acids is 1. The van der Waals surface area contributed by atoms with Crippen molar-refractivity contribution in [2.75, 3.05) is 13.7 Å². The Morgan fingerprint density at radius 1 is 1.73 bits per heavy atom. The summed E-state index contributed by atoms with van der Waals surface area (Å²) in [5.74, 6) is -0.772. The van der Waals surface area contributed by atoms with Crippen molar-refractivity contribution in [1.82, 2.24) is 0 Å². The van der Waals surface area contributed by atoms with Gasteiger partial charge in [0.25, 0.3) is 0 Å². The van der Waals surface area contributed by atoms with E-state index in [9.17, 15) is 4.79 Å². The fraction of sp³-hybridized carbons (Fsp3) is 0.857. The number of hydrogen-bond donors (Lipinski definition) is 2. The highest BCUT2D eigenvalue weighted by molar-refractivity contribution is 5.75. The molecule has 0 amide bonds. The molecule has 1 atom stereocenters. The molecule has 0 aliphatic rings. The van der Waals surface area contributed by atoms with Crippen molar-refractivity contribution in [1.29, 1.82) is 0 Å². The molecule has 4 N–H and O–H groups in total. The second kappa shape index (κ2) is 6.12. The molecule has 0 aliphatic carbocycles. The molecule has 0 aromatic rings. The molecule has 4 heteroatoms. The van der Waals surface area contributed by atoms with E-state index in [1.165, 1.54) is 0 Å². The molecule has 0 aliphatic heterocycles. The van der Waals surface area contributed by atoms with Gasteiger partial charge >= 0.3 is 5.97 Å². The largest absolute Gasteiger partial charge is 0.468 e. The lowest BCUT2D eigenvalue weighted by molar-refractivity contribution is -0.142. The molecule has 0 fully saturated rings. The van der Waals surface area contributed by atoms with Crippen molar-refractivity contribution in [2.45, 2.75) is 25.2 Å². The van der Waals surface area contributed by atoms with E-state index in [1.54, 1.807) is 0 Å². The standard InChI is InChI=1S/C7H16N2O2/c1-11-7(10)6(9)4-2-3-5-8/h6H,2-5,8-9H2,1H3/t6-/m0/s1/i2D2,3D2. The van der Waals surface area contributed by atoms with Crippen molar-refractivity contribution in [3.05, 3.63) is 0 Å². The summed E-state index contributed by atoms with van der Waals surface area (Å²) in [4.78, 5) is 10.9. The zero-order valence-electron chi connectivity index (χ0n) is 10.5. The predicted molar refractivity (Wildman–Crippen MR) is 42.9 cm³/mol. The Bertz CT molecular complexity index is 235. The minimum atomic E-state index is -2.27. The molecule has 0 saturated heterocycles. The van der Waals surface area contributed by atoms with E-state index >= 15 is 0 Å². The van der Waals surface area contributed by atoms with Crippen LogP contribution in [0, 0.1) is 0 Å². The van der Waals surface area contributed by atoms with Gasteiger partial charge in [-0.1, -0.05) is 6.37 Å². The van der Waals surface area contributed by atoms with Crippen LogP contribution < -0.4 is 11.5 Å². The minimum Gasteiger partial charge on any atom is -0.468 e. The lowest BCUT2D eigenvalue weighted by Gasteiger charge is -2.07. The molecule has 66 valence electrons. The molecule has 0 unspecified atom stereocenters. The maximum Gasteiger partial charge on any atom is 0.322 e. The Morgan fingerprint density at radius 3 is 2.82 bits per heavy atom. The van der Waals surface area contributed by atoms with Crippen LogP contribution >= 0.6 is 0 Å². The van der Waals surface area contributed by atoms with Gasteiger partial charge in [-0.2, -0.15) is 0 Å². The lowest BCUT2D eigenvalue weighted by atomic mass is 10.1. The van der Waals surface area contributed by atoms with E-state index in [1.807, 2.05) is 0 Å². The van der Waals surface area contributed by atoms with E-state index in [-0.39, 0.29) is 0 Å². The molecule has 11 heavy (non-hydrogen) atoms. The summed E-state index contributed by atoms with van der Waals surface area (Å²) < 4.78 is 33.9. The molecular formula is C7H16N2O2. The fourth-order valence-electron chi connectivity index (χ4n) is 0.489. The predicted octanol–water partition coefficient (Wildman–Crippen LogP) is -0.384. The zero-order valence-corrected chi connectivity index (χ0v) is 6.46. The zero-order chi connectivity index (χ0) is 12.3. The van der Waals surface area contributed by atoms with Crippen molar-refractivity contribution in [3.8, 4) is 0 Å². The van der Waals surface area contributed by atoms with Gasteiger partial charge < -0.3 is 16.2 Å². The topological polar surface area (TPSA) is 78.3 Å². The Morgan fingerprint density at radius 2 is 2.36 bits per heavy atom. The number of hydrogen-bond acceptors (Lipinski definition) is 4. The van der Waals surface area contributed by atoms with Crippen LogP contribution in [-0.4, -0.2) is 25.7 Å². The summed E-state index contributed by atoms with van der Waals surface area (Å²) >= 11 is 0. The maximum atomic E-state index is 10.9. The van der Waals surface area contributed by atoms with Gasteiger partial charge in [-0.15, -0.1) is 0 Å². The summed E-state index contributed by atoms with van der Waals surface area (Å²) in [5, 5.41) is 0. The Kier molecular flexibility index (Phi) is 2.84. The Balaban J connectivity index is 4.57. The van der Waals surface area contributed by atoms with Crippen LogP contribution in [0.15, 0.2) is 0 Å². The third kappa shape index (κ3) is 4.75. The van der Waals surface area contributed by atoms with Crippen LogP contribution in [0.1, 0.15) is 24.6 Å². The average Bonchev–Trinajstić information content (AvgIpc) is 2.15. The molecule has 0 saturated carbocycles. The molecule has 4 nitrogen and oxygen atoms in total. The quantitative estimate of drug-likeness (QED) is 0.543. The summed E-state index contributed by atoms with van der Waals surface area (Å²) in [6.07, 6.45) is -4.96. The molecule has 0 radical (unpaired) electrons. The summed E-state index contributed by atoms with van der Waals surface area (Å²) in [6, 6.07) is -1.19. The van der Waals surface area contributed by atoms with Crippen molar-refractivity contribution < 1.29 is 15.0 Å². The van der Waals surface area contributed by atoms with E-state index < -0.39 is 37.7 Å². The number of rotatable bonds is 5. The highest BCUT2D eigenvalue weighted by Crippen LogP contribution is 1.98. The smallest absolute Gasteiger partial charge is 0.322 e. The van der Waals surface area contributed by atoms with E-state index in [0.717, 1.165) is 7.11 Å². The second-order valence-electron chi connectivity index (χ2n) is 1.89. The van der Waals surface area contributed by atoms with Crippen LogP contribution in [0.2, 0.25) is 0 Å². The fourth-order valence-corrected chi connectivity index (χ4v) is 0.489. The SMILES string of the molecule is [2H]C([2H])(CN)C([2H])([2H])C[C@H](N)C(=O)OC.